The molecule has 0 spiro atoms. The Morgan fingerprint density at radius 1 is 1.27 bits per heavy atom. The first-order chi connectivity index (χ1) is 12.7. The third-order valence-electron chi connectivity index (χ3n) is 4.17. The van der Waals surface area contributed by atoms with Crippen LogP contribution in [0.1, 0.15) is 19.4 Å². The second kappa shape index (κ2) is 6.29. The summed E-state index contributed by atoms with van der Waals surface area (Å²) in [5, 5.41) is 17.2. The maximum atomic E-state index is 12.4. The lowest BCUT2D eigenvalue weighted by atomic mass is 10.2. The number of fused-ring (bicyclic) bond motifs is 2. The molecule has 4 aromatic rings. The first-order valence-corrected chi connectivity index (χ1v) is 8.12. The van der Waals surface area contributed by atoms with Gasteiger partial charge < -0.3 is 10.3 Å². The van der Waals surface area contributed by atoms with Gasteiger partial charge in [0.2, 0.25) is 0 Å². The zero-order valence-electron chi connectivity index (χ0n) is 14.0. The molecular formula is C18H15N7O. The Balaban J connectivity index is 1.82. The Bertz CT molecular complexity index is 1200. The van der Waals surface area contributed by atoms with Gasteiger partial charge in [-0.3, -0.25) is 19.4 Å². The molecule has 1 aromatic carbocycles. The van der Waals surface area contributed by atoms with Gasteiger partial charge in [-0.1, -0.05) is 0 Å². The molecule has 0 amide bonds. The number of benzene rings is 1. The summed E-state index contributed by atoms with van der Waals surface area (Å²) in [4.78, 5) is 23.6. The number of nitriles is 1. The highest BCUT2D eigenvalue weighted by Gasteiger charge is 2.17. The van der Waals surface area contributed by atoms with Crippen molar-refractivity contribution in [3.63, 3.8) is 0 Å². The maximum absolute atomic E-state index is 12.4. The summed E-state index contributed by atoms with van der Waals surface area (Å²) in [7, 11) is 0. The number of hydrogen-bond acceptors (Lipinski definition) is 6. The Hall–Kier alpha value is -3.73. The van der Waals surface area contributed by atoms with Crippen molar-refractivity contribution in [2.45, 2.75) is 19.4 Å². The first kappa shape index (κ1) is 15.8. The molecule has 26 heavy (non-hydrogen) atoms. The van der Waals surface area contributed by atoms with Crippen LogP contribution in [0.25, 0.3) is 21.9 Å². The summed E-state index contributed by atoms with van der Waals surface area (Å²) in [5.41, 5.74) is 2.73. The topological polar surface area (TPSA) is 112 Å². The van der Waals surface area contributed by atoms with E-state index in [-0.39, 0.29) is 11.6 Å². The molecule has 0 aliphatic carbocycles. The van der Waals surface area contributed by atoms with Crippen molar-refractivity contribution in [3.05, 3.63) is 53.2 Å². The molecule has 0 saturated carbocycles. The van der Waals surface area contributed by atoms with Gasteiger partial charge in [0.1, 0.15) is 5.39 Å². The number of nitrogens with zero attached hydrogens (tertiary/aromatic N) is 5. The number of pyridine rings is 1. The molecule has 0 fully saturated rings. The fourth-order valence-corrected chi connectivity index (χ4v) is 2.92. The fraction of sp³-hybridized carbons (Fsp3) is 0.167. The number of hydrogen-bond donors (Lipinski definition) is 2. The molecule has 0 radical (unpaired) electrons. The van der Waals surface area contributed by atoms with Gasteiger partial charge in [-0.05, 0) is 31.2 Å². The smallest absolute Gasteiger partial charge is 0.261 e. The van der Waals surface area contributed by atoms with Crippen LogP contribution in [0.2, 0.25) is 0 Å². The van der Waals surface area contributed by atoms with Gasteiger partial charge in [0.05, 0.1) is 35.1 Å². The molecule has 8 heteroatoms. The van der Waals surface area contributed by atoms with E-state index >= 15 is 0 Å². The van der Waals surface area contributed by atoms with Crippen LogP contribution < -0.4 is 10.9 Å². The zero-order valence-corrected chi connectivity index (χ0v) is 14.0. The van der Waals surface area contributed by atoms with Gasteiger partial charge in [-0.15, -0.1) is 0 Å². The van der Waals surface area contributed by atoms with E-state index in [2.05, 4.69) is 31.4 Å². The summed E-state index contributed by atoms with van der Waals surface area (Å²) < 4.78 is 1.71. The Labute approximate surface area is 148 Å². The molecule has 0 aliphatic heterocycles. The van der Waals surface area contributed by atoms with Crippen LogP contribution in [-0.4, -0.2) is 24.7 Å². The van der Waals surface area contributed by atoms with Crippen molar-refractivity contribution < 1.29 is 0 Å². The summed E-state index contributed by atoms with van der Waals surface area (Å²) in [6.45, 7) is 1.90. The van der Waals surface area contributed by atoms with Crippen LogP contribution in [0, 0.1) is 11.3 Å². The van der Waals surface area contributed by atoms with Gasteiger partial charge in [0.25, 0.3) is 5.56 Å². The maximum Gasteiger partial charge on any atom is 0.261 e. The minimum absolute atomic E-state index is 0.151. The van der Waals surface area contributed by atoms with Gasteiger partial charge >= 0.3 is 0 Å². The normalized spacial score (nSPS) is 12.2. The number of nitrogens with one attached hydrogen (secondary N) is 2. The number of H-pyrrole nitrogens is 1. The summed E-state index contributed by atoms with van der Waals surface area (Å²) in [6.07, 6.45) is 5.15. The largest absolute Gasteiger partial charge is 0.338 e. The highest BCUT2D eigenvalue weighted by molar-refractivity contribution is 5.92. The van der Waals surface area contributed by atoms with Gasteiger partial charge in [0, 0.05) is 24.3 Å². The van der Waals surface area contributed by atoms with Crippen LogP contribution in [-0.2, 0) is 0 Å². The fourth-order valence-electron chi connectivity index (χ4n) is 2.92. The predicted molar refractivity (Wildman–Crippen MR) is 98.1 cm³/mol. The summed E-state index contributed by atoms with van der Waals surface area (Å²) >= 11 is 0. The zero-order chi connectivity index (χ0) is 18.1. The molecular weight excluding hydrogens is 330 g/mol. The third-order valence-corrected chi connectivity index (χ3v) is 4.17. The van der Waals surface area contributed by atoms with Crippen LogP contribution in [0.4, 0.5) is 11.5 Å². The van der Waals surface area contributed by atoms with E-state index in [1.807, 2.05) is 25.1 Å². The molecule has 0 saturated heterocycles. The minimum Gasteiger partial charge on any atom is -0.338 e. The average molecular weight is 345 g/mol. The van der Waals surface area contributed by atoms with Crippen LogP contribution in [0.3, 0.4) is 0 Å². The van der Waals surface area contributed by atoms with Gasteiger partial charge in [0.15, 0.2) is 5.82 Å². The van der Waals surface area contributed by atoms with Crippen LogP contribution in [0.15, 0.2) is 47.7 Å². The highest BCUT2D eigenvalue weighted by Crippen LogP contribution is 2.27. The second-order valence-electron chi connectivity index (χ2n) is 5.96. The average Bonchev–Trinajstić information content (AvgIpc) is 3.02. The van der Waals surface area contributed by atoms with Crippen LogP contribution >= 0.6 is 0 Å². The van der Waals surface area contributed by atoms with E-state index in [1.165, 1.54) is 0 Å². The number of aromatic amines is 1. The van der Waals surface area contributed by atoms with Gasteiger partial charge in [-0.25, -0.2) is 0 Å². The van der Waals surface area contributed by atoms with Crippen LogP contribution in [0.5, 0.6) is 0 Å². The molecule has 0 bridgehead atoms. The molecule has 128 valence electrons. The molecule has 3 heterocycles. The lowest BCUT2D eigenvalue weighted by molar-refractivity contribution is 0.518. The monoisotopic (exact) mass is 345 g/mol. The second-order valence-corrected chi connectivity index (χ2v) is 5.96. The quantitative estimate of drug-likeness (QED) is 0.588. The lowest BCUT2D eigenvalue weighted by Gasteiger charge is -2.09. The molecule has 0 unspecified atom stereocenters. The van der Waals surface area contributed by atoms with Crippen molar-refractivity contribution >= 4 is 33.4 Å². The Kier molecular flexibility index (Phi) is 3.82. The van der Waals surface area contributed by atoms with Crippen molar-refractivity contribution in [2.24, 2.45) is 0 Å². The number of anilines is 2. The molecule has 2 N–H and O–H groups in total. The molecule has 1 atom stereocenters. The Morgan fingerprint density at radius 3 is 2.88 bits per heavy atom. The van der Waals surface area contributed by atoms with E-state index in [9.17, 15) is 4.79 Å². The van der Waals surface area contributed by atoms with E-state index in [4.69, 9.17) is 5.26 Å². The highest BCUT2D eigenvalue weighted by atomic mass is 16.1. The van der Waals surface area contributed by atoms with E-state index in [0.29, 0.717) is 23.1 Å². The molecule has 0 aliphatic rings. The third kappa shape index (κ3) is 2.65. The SMILES string of the molecule is C[C@@H](CC#N)n1nc(Nc2ccc3nccnc3c2)c2c(=O)[nH]ccc21. The molecule has 3 aromatic heterocycles. The van der Waals surface area contributed by atoms with Crippen molar-refractivity contribution in [1.82, 2.24) is 24.7 Å². The number of aromatic nitrogens is 5. The lowest BCUT2D eigenvalue weighted by Crippen LogP contribution is -2.08. The minimum atomic E-state index is -0.235. The van der Waals surface area contributed by atoms with E-state index in [1.54, 1.807) is 29.3 Å². The number of rotatable bonds is 4. The summed E-state index contributed by atoms with van der Waals surface area (Å²) in [6, 6.07) is 9.34. The molecule has 4 rings (SSSR count). The van der Waals surface area contributed by atoms with E-state index in [0.717, 1.165) is 16.7 Å². The standard InChI is InChI=1S/C18H15N7O/c1-11(4-6-19)25-15-5-7-22-18(26)16(15)17(24-25)23-12-2-3-13-14(10-12)21-9-8-20-13/h2-3,5,7-11H,4H2,1H3,(H,22,26)(H,23,24)/t11-/m0/s1. The molecule has 8 nitrogen and oxygen atoms in total. The van der Waals surface area contributed by atoms with Crippen molar-refractivity contribution in [3.8, 4) is 6.07 Å². The van der Waals surface area contributed by atoms with E-state index < -0.39 is 0 Å². The van der Waals surface area contributed by atoms with Crippen molar-refractivity contribution in [1.29, 1.82) is 5.26 Å². The predicted octanol–water partition coefficient (Wildman–Crippen LogP) is 2.89. The first-order valence-electron chi connectivity index (χ1n) is 8.12. The van der Waals surface area contributed by atoms with Gasteiger partial charge in [-0.2, -0.15) is 10.4 Å². The van der Waals surface area contributed by atoms with Crippen molar-refractivity contribution in [2.75, 3.05) is 5.32 Å². The summed E-state index contributed by atoms with van der Waals surface area (Å²) in [5.74, 6) is 0.440. The Morgan fingerprint density at radius 2 is 2.08 bits per heavy atom.